The number of hydrogen-bond acceptors (Lipinski definition) is 3. The third-order valence-corrected chi connectivity index (χ3v) is 2.91. The van der Waals surface area contributed by atoms with Crippen LogP contribution in [0.3, 0.4) is 0 Å². The van der Waals surface area contributed by atoms with Crippen molar-refractivity contribution in [2.24, 2.45) is 5.73 Å². The van der Waals surface area contributed by atoms with E-state index in [1.165, 1.54) is 19.4 Å². The highest BCUT2D eigenvalue weighted by atomic mass is 16.5. The molecule has 70 valence electrons. The van der Waals surface area contributed by atoms with Crippen molar-refractivity contribution in [3.63, 3.8) is 0 Å². The van der Waals surface area contributed by atoms with Crippen molar-refractivity contribution in [3.05, 3.63) is 0 Å². The van der Waals surface area contributed by atoms with E-state index in [-0.39, 0.29) is 0 Å². The molecule has 0 aliphatic carbocycles. The lowest BCUT2D eigenvalue weighted by atomic mass is 10.1. The number of ether oxygens (including phenoxy) is 1. The molecule has 2 aliphatic rings. The maximum atomic E-state index is 5.85. The van der Waals surface area contributed by atoms with E-state index in [4.69, 9.17) is 10.5 Å². The standard InChI is InChI=1S/C9H18N2O/c10-8-3-4-11(6-8)9-2-1-5-12-7-9/h8-9H,1-7,10H2/t8-,9?/m1/s1. The van der Waals surface area contributed by atoms with Gasteiger partial charge in [0.05, 0.1) is 6.61 Å². The molecule has 0 amide bonds. The van der Waals surface area contributed by atoms with Gasteiger partial charge in [0, 0.05) is 31.8 Å². The molecule has 12 heavy (non-hydrogen) atoms. The van der Waals surface area contributed by atoms with Gasteiger partial charge < -0.3 is 10.5 Å². The van der Waals surface area contributed by atoms with E-state index < -0.39 is 0 Å². The Morgan fingerprint density at radius 3 is 2.83 bits per heavy atom. The number of hydrogen-bond donors (Lipinski definition) is 1. The Labute approximate surface area is 73.9 Å². The number of nitrogens with two attached hydrogens (primary N) is 1. The van der Waals surface area contributed by atoms with Crippen LogP contribution in [0, 0.1) is 0 Å². The highest BCUT2D eigenvalue weighted by molar-refractivity contribution is 4.84. The lowest BCUT2D eigenvalue weighted by molar-refractivity contribution is 0.0264. The molecule has 0 saturated carbocycles. The zero-order valence-electron chi connectivity index (χ0n) is 7.54. The molecule has 2 fully saturated rings. The summed E-state index contributed by atoms with van der Waals surface area (Å²) in [6.45, 7) is 4.13. The fraction of sp³-hybridized carbons (Fsp3) is 1.00. The molecular formula is C9H18N2O. The first-order chi connectivity index (χ1) is 5.86. The van der Waals surface area contributed by atoms with Gasteiger partial charge in [0.2, 0.25) is 0 Å². The Morgan fingerprint density at radius 1 is 1.33 bits per heavy atom. The summed E-state index contributed by atoms with van der Waals surface area (Å²) < 4.78 is 5.45. The molecule has 1 unspecified atom stereocenters. The van der Waals surface area contributed by atoms with Crippen molar-refractivity contribution in [1.29, 1.82) is 0 Å². The molecule has 3 heteroatoms. The second-order valence-corrected chi connectivity index (χ2v) is 3.91. The summed E-state index contributed by atoms with van der Waals surface area (Å²) >= 11 is 0. The van der Waals surface area contributed by atoms with Crippen LogP contribution in [-0.4, -0.2) is 43.3 Å². The summed E-state index contributed by atoms with van der Waals surface area (Å²) in [4.78, 5) is 2.49. The van der Waals surface area contributed by atoms with Crippen LogP contribution in [0.15, 0.2) is 0 Å². The zero-order valence-corrected chi connectivity index (χ0v) is 7.54. The first-order valence-corrected chi connectivity index (χ1v) is 4.93. The molecule has 2 heterocycles. The number of rotatable bonds is 1. The van der Waals surface area contributed by atoms with Crippen LogP contribution in [0.25, 0.3) is 0 Å². The van der Waals surface area contributed by atoms with E-state index in [1.807, 2.05) is 0 Å². The topological polar surface area (TPSA) is 38.5 Å². The number of nitrogens with zero attached hydrogens (tertiary/aromatic N) is 1. The third kappa shape index (κ3) is 1.79. The molecular weight excluding hydrogens is 152 g/mol. The predicted octanol–water partition coefficient (Wildman–Crippen LogP) is 0.198. The Balaban J connectivity index is 1.83. The normalized spacial score (nSPS) is 38.8. The molecule has 0 aromatic heterocycles. The molecule has 3 nitrogen and oxygen atoms in total. The highest BCUT2D eigenvalue weighted by Gasteiger charge is 2.27. The summed E-state index contributed by atoms with van der Waals surface area (Å²) in [5.74, 6) is 0. The van der Waals surface area contributed by atoms with Crippen molar-refractivity contribution in [3.8, 4) is 0 Å². The molecule has 0 bridgehead atoms. The van der Waals surface area contributed by atoms with Gasteiger partial charge in [-0.3, -0.25) is 4.90 Å². The fourth-order valence-corrected chi connectivity index (χ4v) is 2.16. The SMILES string of the molecule is N[C@@H]1CCN(C2CCCOC2)C1. The molecule has 2 saturated heterocycles. The van der Waals surface area contributed by atoms with Crippen LogP contribution in [0.4, 0.5) is 0 Å². The third-order valence-electron chi connectivity index (χ3n) is 2.91. The molecule has 0 spiro atoms. The monoisotopic (exact) mass is 170 g/mol. The van der Waals surface area contributed by atoms with E-state index in [0.717, 1.165) is 26.2 Å². The van der Waals surface area contributed by atoms with Gasteiger partial charge in [0.15, 0.2) is 0 Å². The summed E-state index contributed by atoms with van der Waals surface area (Å²) in [6, 6.07) is 1.07. The minimum Gasteiger partial charge on any atom is -0.380 e. The predicted molar refractivity (Wildman–Crippen MR) is 48.0 cm³/mol. The molecule has 2 aliphatic heterocycles. The average Bonchev–Trinajstić information content (AvgIpc) is 2.54. The van der Waals surface area contributed by atoms with Crippen molar-refractivity contribution >= 4 is 0 Å². The summed E-state index contributed by atoms with van der Waals surface area (Å²) in [6.07, 6.45) is 3.68. The van der Waals surface area contributed by atoms with E-state index in [0.29, 0.717) is 12.1 Å². The van der Waals surface area contributed by atoms with Crippen molar-refractivity contribution < 1.29 is 4.74 Å². The summed E-state index contributed by atoms with van der Waals surface area (Å²) in [7, 11) is 0. The summed E-state index contributed by atoms with van der Waals surface area (Å²) in [5, 5.41) is 0. The first-order valence-electron chi connectivity index (χ1n) is 4.93. The molecule has 2 atom stereocenters. The van der Waals surface area contributed by atoms with Crippen LogP contribution >= 0.6 is 0 Å². The van der Waals surface area contributed by atoms with Gasteiger partial charge in [0.25, 0.3) is 0 Å². The van der Waals surface area contributed by atoms with Crippen molar-refractivity contribution in [2.45, 2.75) is 31.3 Å². The largest absolute Gasteiger partial charge is 0.380 e. The Hall–Kier alpha value is -0.120. The number of likely N-dealkylation sites (tertiary alicyclic amines) is 1. The second kappa shape index (κ2) is 3.73. The summed E-state index contributed by atoms with van der Waals surface area (Å²) in [5.41, 5.74) is 5.85. The Morgan fingerprint density at radius 2 is 2.25 bits per heavy atom. The van der Waals surface area contributed by atoms with Gasteiger partial charge in [-0.15, -0.1) is 0 Å². The van der Waals surface area contributed by atoms with Crippen LogP contribution in [0.5, 0.6) is 0 Å². The maximum absolute atomic E-state index is 5.85. The second-order valence-electron chi connectivity index (χ2n) is 3.91. The van der Waals surface area contributed by atoms with E-state index in [9.17, 15) is 0 Å². The van der Waals surface area contributed by atoms with Crippen LogP contribution in [0.1, 0.15) is 19.3 Å². The molecule has 2 rings (SSSR count). The Kier molecular flexibility index (Phi) is 2.63. The molecule has 0 radical (unpaired) electrons. The van der Waals surface area contributed by atoms with E-state index in [2.05, 4.69) is 4.90 Å². The van der Waals surface area contributed by atoms with Crippen molar-refractivity contribution in [2.75, 3.05) is 26.3 Å². The quantitative estimate of drug-likeness (QED) is 0.611. The van der Waals surface area contributed by atoms with Crippen LogP contribution < -0.4 is 5.73 Å². The van der Waals surface area contributed by atoms with Gasteiger partial charge in [-0.25, -0.2) is 0 Å². The van der Waals surface area contributed by atoms with Gasteiger partial charge in [-0.1, -0.05) is 0 Å². The lowest BCUT2D eigenvalue weighted by Gasteiger charge is -2.30. The molecule has 0 aromatic rings. The van der Waals surface area contributed by atoms with Gasteiger partial charge in [-0.2, -0.15) is 0 Å². The average molecular weight is 170 g/mol. The van der Waals surface area contributed by atoms with E-state index in [1.54, 1.807) is 0 Å². The smallest absolute Gasteiger partial charge is 0.0621 e. The Bertz CT molecular complexity index is 143. The van der Waals surface area contributed by atoms with Crippen LogP contribution in [-0.2, 0) is 4.74 Å². The minimum atomic E-state index is 0.409. The first kappa shape index (κ1) is 8.48. The minimum absolute atomic E-state index is 0.409. The van der Waals surface area contributed by atoms with Gasteiger partial charge in [0.1, 0.15) is 0 Å². The lowest BCUT2D eigenvalue weighted by Crippen LogP contribution is -2.40. The van der Waals surface area contributed by atoms with Crippen molar-refractivity contribution in [1.82, 2.24) is 4.90 Å². The fourth-order valence-electron chi connectivity index (χ4n) is 2.16. The molecule has 0 aromatic carbocycles. The van der Waals surface area contributed by atoms with Crippen LogP contribution in [0.2, 0.25) is 0 Å². The zero-order chi connectivity index (χ0) is 8.39. The molecule has 2 N–H and O–H groups in total. The van der Waals surface area contributed by atoms with Gasteiger partial charge >= 0.3 is 0 Å². The maximum Gasteiger partial charge on any atom is 0.0621 e. The highest BCUT2D eigenvalue weighted by Crippen LogP contribution is 2.18. The van der Waals surface area contributed by atoms with E-state index >= 15 is 0 Å². The van der Waals surface area contributed by atoms with Gasteiger partial charge in [-0.05, 0) is 19.3 Å².